The largest absolute Gasteiger partial charge is 0.449 e. The number of hydrogen-bond acceptors (Lipinski definition) is 5. The number of nitrogens with one attached hydrogen (secondary N) is 1. The second kappa shape index (κ2) is 10.7. The van der Waals surface area contributed by atoms with Crippen LogP contribution in [0, 0.1) is 0 Å². The summed E-state index contributed by atoms with van der Waals surface area (Å²) < 4.78 is 70.6. The van der Waals surface area contributed by atoms with Gasteiger partial charge in [0.15, 0.2) is 6.10 Å². The van der Waals surface area contributed by atoms with E-state index in [2.05, 4.69) is 5.32 Å². The predicted octanol–water partition coefficient (Wildman–Crippen LogP) is 5.04. The van der Waals surface area contributed by atoms with E-state index >= 15 is 0 Å². The first-order chi connectivity index (χ1) is 17.9. The van der Waals surface area contributed by atoms with Gasteiger partial charge in [0.2, 0.25) is 0 Å². The fourth-order valence-corrected chi connectivity index (χ4v) is 5.36. The van der Waals surface area contributed by atoms with Crippen LogP contribution in [0.25, 0.3) is 6.08 Å². The molecule has 0 saturated carbocycles. The zero-order valence-electron chi connectivity index (χ0n) is 20.1. The van der Waals surface area contributed by atoms with Crippen molar-refractivity contribution in [1.29, 1.82) is 0 Å². The summed E-state index contributed by atoms with van der Waals surface area (Å²) >= 11 is 0. The van der Waals surface area contributed by atoms with E-state index in [0.29, 0.717) is 24.2 Å². The highest BCUT2D eigenvalue weighted by Gasteiger charge is 2.31. The molecule has 38 heavy (non-hydrogen) atoms. The Balaban J connectivity index is 1.33. The molecular weight excluding hydrogens is 521 g/mol. The van der Waals surface area contributed by atoms with Gasteiger partial charge in [-0.05, 0) is 73.0 Å². The van der Waals surface area contributed by atoms with Crippen molar-refractivity contribution in [3.63, 3.8) is 0 Å². The highest BCUT2D eigenvalue weighted by Crippen LogP contribution is 2.33. The molecule has 11 heteroatoms. The normalized spacial score (nSPS) is 14.3. The zero-order chi connectivity index (χ0) is 27.5. The Hall–Kier alpha value is -4.12. The molecule has 1 aliphatic rings. The standard InChI is InChI=1S/C27H23F3N2O5S/c1-18(26(34)31-22-11-9-21(10-12-22)27(28,29)30)37-25(33)15-8-19-6-13-23(14-7-19)38(35,36)32-17-16-20-4-2-3-5-24(20)32/h2-15,18H,16-17H2,1H3,(H,31,34)/b15-8+/t18-/m0/s1. The Morgan fingerprint density at radius 2 is 1.66 bits per heavy atom. The van der Waals surface area contributed by atoms with Crippen LogP contribution in [-0.2, 0) is 36.9 Å². The molecule has 7 nitrogen and oxygen atoms in total. The maximum atomic E-state index is 13.1. The third kappa shape index (κ3) is 6.05. The molecule has 3 aromatic carbocycles. The highest BCUT2D eigenvalue weighted by molar-refractivity contribution is 7.92. The topological polar surface area (TPSA) is 92.8 Å². The quantitative estimate of drug-likeness (QED) is 0.332. The number of amides is 1. The monoisotopic (exact) mass is 544 g/mol. The van der Waals surface area contributed by atoms with Crippen molar-refractivity contribution in [2.45, 2.75) is 30.5 Å². The third-order valence-electron chi connectivity index (χ3n) is 5.87. The van der Waals surface area contributed by atoms with Gasteiger partial charge in [-0.25, -0.2) is 13.2 Å². The van der Waals surface area contributed by atoms with Crippen molar-refractivity contribution >= 4 is 39.4 Å². The van der Waals surface area contributed by atoms with Crippen LogP contribution in [-0.4, -0.2) is 32.9 Å². The minimum Gasteiger partial charge on any atom is -0.449 e. The number of ether oxygens (including phenoxy) is 1. The van der Waals surface area contributed by atoms with Crippen LogP contribution in [0.15, 0.2) is 83.8 Å². The molecule has 3 aromatic rings. The van der Waals surface area contributed by atoms with Crippen molar-refractivity contribution in [3.05, 3.63) is 95.6 Å². The molecule has 0 radical (unpaired) electrons. The van der Waals surface area contributed by atoms with Crippen molar-refractivity contribution in [3.8, 4) is 0 Å². The lowest BCUT2D eigenvalue weighted by atomic mass is 10.2. The van der Waals surface area contributed by atoms with E-state index in [1.165, 1.54) is 29.4 Å². The molecule has 0 bridgehead atoms. The van der Waals surface area contributed by atoms with Gasteiger partial charge in [0.25, 0.3) is 15.9 Å². The number of alkyl halides is 3. The second-order valence-electron chi connectivity index (χ2n) is 8.50. The number of sulfonamides is 1. The van der Waals surface area contributed by atoms with E-state index in [9.17, 15) is 31.2 Å². The highest BCUT2D eigenvalue weighted by atomic mass is 32.2. The molecular formula is C27H23F3N2O5S. The number of hydrogen-bond donors (Lipinski definition) is 1. The first-order valence-electron chi connectivity index (χ1n) is 11.5. The smallest absolute Gasteiger partial charge is 0.416 e. The number of esters is 1. The number of para-hydroxylation sites is 1. The van der Waals surface area contributed by atoms with Gasteiger partial charge in [0, 0.05) is 18.3 Å². The number of anilines is 2. The summed E-state index contributed by atoms with van der Waals surface area (Å²) in [5.41, 5.74) is 1.43. The van der Waals surface area contributed by atoms with Gasteiger partial charge in [-0.1, -0.05) is 30.3 Å². The van der Waals surface area contributed by atoms with E-state index in [-0.39, 0.29) is 10.6 Å². The van der Waals surface area contributed by atoms with Crippen molar-refractivity contribution < 1.29 is 35.9 Å². The van der Waals surface area contributed by atoms with Crippen LogP contribution < -0.4 is 9.62 Å². The number of benzene rings is 3. The molecule has 4 rings (SSSR count). The minimum atomic E-state index is -4.49. The predicted molar refractivity (Wildman–Crippen MR) is 136 cm³/mol. The van der Waals surface area contributed by atoms with Crippen molar-refractivity contribution in [2.24, 2.45) is 0 Å². The number of carbonyl (C=O) groups is 2. The van der Waals surface area contributed by atoms with Crippen molar-refractivity contribution in [2.75, 3.05) is 16.2 Å². The second-order valence-corrected chi connectivity index (χ2v) is 10.4. The lowest BCUT2D eigenvalue weighted by molar-refractivity contribution is -0.148. The molecule has 0 unspecified atom stereocenters. The van der Waals surface area contributed by atoms with Crippen LogP contribution in [0.2, 0.25) is 0 Å². The van der Waals surface area contributed by atoms with E-state index in [4.69, 9.17) is 4.74 Å². The summed E-state index contributed by atoms with van der Waals surface area (Å²) in [4.78, 5) is 24.5. The van der Waals surface area contributed by atoms with E-state index in [0.717, 1.165) is 35.9 Å². The Kier molecular flexibility index (Phi) is 7.58. The number of nitrogens with zero attached hydrogens (tertiary/aromatic N) is 1. The fourth-order valence-electron chi connectivity index (χ4n) is 3.85. The van der Waals surface area contributed by atoms with E-state index in [1.54, 1.807) is 24.3 Å². The number of fused-ring (bicyclic) bond motifs is 1. The van der Waals surface area contributed by atoms with Gasteiger partial charge >= 0.3 is 12.1 Å². The molecule has 1 amide bonds. The molecule has 0 saturated heterocycles. The zero-order valence-corrected chi connectivity index (χ0v) is 20.9. The van der Waals surface area contributed by atoms with Gasteiger partial charge in [-0.3, -0.25) is 9.10 Å². The summed E-state index contributed by atoms with van der Waals surface area (Å²) in [7, 11) is -3.74. The molecule has 1 atom stereocenters. The van der Waals surface area contributed by atoms with Crippen LogP contribution in [0.3, 0.4) is 0 Å². The van der Waals surface area contributed by atoms with Gasteiger partial charge in [0.05, 0.1) is 16.1 Å². The first-order valence-corrected chi connectivity index (χ1v) is 13.0. The molecule has 0 aromatic heterocycles. The van der Waals surface area contributed by atoms with E-state index in [1.807, 2.05) is 12.1 Å². The van der Waals surface area contributed by atoms with Crippen LogP contribution in [0.5, 0.6) is 0 Å². The SMILES string of the molecule is C[C@H](OC(=O)/C=C/c1ccc(S(=O)(=O)N2CCc3ccccc32)cc1)C(=O)Nc1ccc(C(F)(F)F)cc1. The van der Waals surface area contributed by atoms with Crippen LogP contribution >= 0.6 is 0 Å². The molecule has 0 spiro atoms. The fraction of sp³-hybridized carbons (Fsp3) is 0.185. The number of halogens is 3. The molecule has 1 N–H and O–H groups in total. The Morgan fingerprint density at radius 1 is 1.00 bits per heavy atom. The lowest BCUT2D eigenvalue weighted by Gasteiger charge is -2.19. The molecule has 198 valence electrons. The Labute approximate surface area is 217 Å². The average Bonchev–Trinajstić information content (AvgIpc) is 3.33. The average molecular weight is 545 g/mol. The summed E-state index contributed by atoms with van der Waals surface area (Å²) in [5.74, 6) is -1.55. The minimum absolute atomic E-state index is 0.113. The van der Waals surface area contributed by atoms with Crippen LogP contribution in [0.1, 0.15) is 23.6 Å². The summed E-state index contributed by atoms with van der Waals surface area (Å²) in [6.07, 6.45) is -2.58. The molecule has 1 aliphatic heterocycles. The van der Waals surface area contributed by atoms with Gasteiger partial charge < -0.3 is 10.1 Å². The molecule has 0 fully saturated rings. The maximum absolute atomic E-state index is 13.1. The summed E-state index contributed by atoms with van der Waals surface area (Å²) in [6.45, 7) is 1.68. The van der Waals surface area contributed by atoms with Crippen molar-refractivity contribution in [1.82, 2.24) is 0 Å². The lowest BCUT2D eigenvalue weighted by Crippen LogP contribution is -2.29. The third-order valence-corrected chi connectivity index (χ3v) is 7.69. The van der Waals surface area contributed by atoms with E-state index < -0.39 is 39.7 Å². The van der Waals surface area contributed by atoms with Gasteiger partial charge in [-0.15, -0.1) is 0 Å². The van der Waals surface area contributed by atoms with Gasteiger partial charge in [-0.2, -0.15) is 13.2 Å². The van der Waals surface area contributed by atoms with Gasteiger partial charge in [0.1, 0.15) is 0 Å². The molecule has 1 heterocycles. The molecule has 0 aliphatic carbocycles. The Bertz CT molecular complexity index is 1470. The Morgan fingerprint density at radius 3 is 2.32 bits per heavy atom. The summed E-state index contributed by atoms with van der Waals surface area (Å²) in [6, 6.07) is 17.2. The van der Waals surface area contributed by atoms with Crippen LogP contribution in [0.4, 0.5) is 24.5 Å². The summed E-state index contributed by atoms with van der Waals surface area (Å²) in [5, 5.41) is 2.38. The number of rotatable bonds is 7. The maximum Gasteiger partial charge on any atom is 0.416 e. The number of carbonyl (C=O) groups excluding carboxylic acids is 2. The first kappa shape index (κ1) is 26.9.